The fourth-order valence-electron chi connectivity index (χ4n) is 3.03. The van der Waals surface area contributed by atoms with Crippen LogP contribution >= 0.6 is 23.6 Å². The molecule has 1 aliphatic heterocycles. The van der Waals surface area contributed by atoms with Crippen molar-refractivity contribution >= 4 is 23.6 Å². The van der Waals surface area contributed by atoms with Gasteiger partial charge in [-0.2, -0.15) is 4.68 Å². The second-order valence-corrected chi connectivity index (χ2v) is 6.76. The van der Waals surface area contributed by atoms with Crippen LogP contribution in [-0.4, -0.2) is 16.3 Å². The maximum Gasteiger partial charge on any atom is 0.292 e. The summed E-state index contributed by atoms with van der Waals surface area (Å²) in [4.78, 5) is 3.32. The summed E-state index contributed by atoms with van der Waals surface area (Å²) >= 11 is 7.13. The SMILES string of the molecule is S=c1oc(-c2ccco2)nn1C[NH+]1CCC[C@@H]1c1cccs1. The highest BCUT2D eigenvalue weighted by Gasteiger charge is 2.31. The molecule has 3 aromatic heterocycles. The topological polar surface area (TPSA) is 48.5 Å². The first kappa shape index (κ1) is 13.9. The van der Waals surface area contributed by atoms with Crippen LogP contribution in [-0.2, 0) is 6.67 Å². The molecular formula is C15H16N3O2S2+. The molecule has 1 N–H and O–H groups in total. The van der Waals surface area contributed by atoms with E-state index in [4.69, 9.17) is 21.1 Å². The smallest absolute Gasteiger partial charge is 0.292 e. The van der Waals surface area contributed by atoms with Gasteiger partial charge in [0.1, 0.15) is 6.04 Å². The number of thiophene rings is 1. The average Bonchev–Trinajstić information content (AvgIpc) is 3.27. The molecule has 0 radical (unpaired) electrons. The summed E-state index contributed by atoms with van der Waals surface area (Å²) in [6.07, 6.45) is 4.05. The van der Waals surface area contributed by atoms with Crippen LogP contribution in [0.1, 0.15) is 23.8 Å². The zero-order chi connectivity index (χ0) is 14.9. The lowest BCUT2D eigenvalue weighted by Crippen LogP contribution is -3.09. The molecule has 0 spiro atoms. The molecule has 114 valence electrons. The molecule has 0 bridgehead atoms. The van der Waals surface area contributed by atoms with Gasteiger partial charge in [0.25, 0.3) is 10.7 Å². The first-order chi connectivity index (χ1) is 10.8. The molecule has 0 aromatic carbocycles. The highest BCUT2D eigenvalue weighted by atomic mass is 32.1. The predicted molar refractivity (Wildman–Crippen MR) is 85.2 cm³/mol. The van der Waals surface area contributed by atoms with E-state index in [1.165, 1.54) is 22.6 Å². The van der Waals surface area contributed by atoms with Gasteiger partial charge >= 0.3 is 0 Å². The van der Waals surface area contributed by atoms with Gasteiger partial charge in [-0.1, -0.05) is 6.07 Å². The van der Waals surface area contributed by atoms with E-state index in [-0.39, 0.29) is 0 Å². The number of furan rings is 1. The maximum atomic E-state index is 5.56. The van der Waals surface area contributed by atoms with Gasteiger partial charge in [-0.25, -0.2) is 0 Å². The number of quaternary nitrogens is 1. The van der Waals surface area contributed by atoms with Crippen molar-refractivity contribution in [2.45, 2.75) is 25.6 Å². The van der Waals surface area contributed by atoms with Crippen molar-refractivity contribution < 1.29 is 13.7 Å². The van der Waals surface area contributed by atoms with Gasteiger partial charge in [-0.3, -0.25) is 0 Å². The molecule has 5 nitrogen and oxygen atoms in total. The Morgan fingerprint density at radius 1 is 1.41 bits per heavy atom. The van der Waals surface area contributed by atoms with Crippen molar-refractivity contribution in [3.63, 3.8) is 0 Å². The number of hydrogen-bond acceptors (Lipinski definition) is 5. The van der Waals surface area contributed by atoms with E-state index >= 15 is 0 Å². The van der Waals surface area contributed by atoms with Gasteiger partial charge in [0.05, 0.1) is 17.7 Å². The Balaban J connectivity index is 1.57. The van der Waals surface area contributed by atoms with E-state index in [2.05, 4.69) is 22.6 Å². The average molecular weight is 334 g/mol. The van der Waals surface area contributed by atoms with E-state index in [0.29, 0.717) is 22.5 Å². The van der Waals surface area contributed by atoms with Gasteiger partial charge in [-0.05, 0) is 35.8 Å². The third kappa shape index (κ3) is 2.55. The van der Waals surface area contributed by atoms with Gasteiger partial charge in [0.15, 0.2) is 12.4 Å². The Morgan fingerprint density at radius 3 is 3.14 bits per heavy atom. The highest BCUT2D eigenvalue weighted by molar-refractivity contribution is 7.71. The number of nitrogens with zero attached hydrogens (tertiary/aromatic N) is 2. The van der Waals surface area contributed by atoms with E-state index in [1.807, 2.05) is 23.5 Å². The van der Waals surface area contributed by atoms with E-state index in [9.17, 15) is 0 Å². The summed E-state index contributed by atoms with van der Waals surface area (Å²) < 4.78 is 12.6. The molecular weight excluding hydrogens is 318 g/mol. The van der Waals surface area contributed by atoms with E-state index in [0.717, 1.165) is 13.2 Å². The molecule has 1 aliphatic rings. The molecule has 0 aliphatic carbocycles. The lowest BCUT2D eigenvalue weighted by Gasteiger charge is -2.19. The molecule has 3 aromatic rings. The number of likely N-dealkylation sites (tertiary alicyclic amines) is 1. The molecule has 0 amide bonds. The van der Waals surface area contributed by atoms with Gasteiger partial charge in [-0.15, -0.1) is 16.4 Å². The van der Waals surface area contributed by atoms with Crippen LogP contribution in [0.25, 0.3) is 11.7 Å². The summed E-state index contributed by atoms with van der Waals surface area (Å²) in [5, 5.41) is 6.61. The van der Waals surface area contributed by atoms with Crippen molar-refractivity contribution in [2.75, 3.05) is 6.54 Å². The summed E-state index contributed by atoms with van der Waals surface area (Å²) in [5.41, 5.74) is 0. The normalized spacial score (nSPS) is 21.5. The molecule has 2 atom stereocenters. The minimum atomic E-state index is 0.399. The Labute approximate surface area is 136 Å². The number of nitrogens with one attached hydrogen (secondary N) is 1. The van der Waals surface area contributed by atoms with Gasteiger partial charge in [0, 0.05) is 12.8 Å². The quantitative estimate of drug-likeness (QED) is 0.745. The molecule has 0 saturated carbocycles. The van der Waals surface area contributed by atoms with Crippen LogP contribution in [0.2, 0.25) is 0 Å². The Kier molecular flexibility index (Phi) is 3.69. The molecule has 4 heterocycles. The Hall–Kier alpha value is -1.70. The van der Waals surface area contributed by atoms with Crippen molar-refractivity contribution in [3.8, 4) is 11.7 Å². The minimum Gasteiger partial charge on any atom is -0.459 e. The van der Waals surface area contributed by atoms with Crippen LogP contribution in [0.15, 0.2) is 44.7 Å². The standard InChI is InChI=1S/C15H15N3O2S2/c21-15-18(16-14(20-15)12-5-2-8-19-12)10-17-7-1-4-11(17)13-6-3-9-22-13/h2-3,5-6,8-9,11H,1,4,7,10H2/p+1/t11-/m1/s1. The Bertz CT molecular complexity index is 789. The second-order valence-electron chi connectivity index (χ2n) is 5.43. The zero-order valence-electron chi connectivity index (χ0n) is 11.9. The number of hydrogen-bond donors (Lipinski definition) is 1. The number of aromatic nitrogens is 2. The van der Waals surface area contributed by atoms with Gasteiger partial charge < -0.3 is 13.7 Å². The van der Waals surface area contributed by atoms with Crippen molar-refractivity contribution in [1.29, 1.82) is 0 Å². The van der Waals surface area contributed by atoms with Crippen molar-refractivity contribution in [2.24, 2.45) is 0 Å². The first-order valence-electron chi connectivity index (χ1n) is 7.31. The minimum absolute atomic E-state index is 0.399. The van der Waals surface area contributed by atoms with Gasteiger partial charge in [0.2, 0.25) is 0 Å². The van der Waals surface area contributed by atoms with Crippen LogP contribution in [0.4, 0.5) is 0 Å². The molecule has 1 fully saturated rings. The Morgan fingerprint density at radius 2 is 2.36 bits per heavy atom. The third-order valence-corrected chi connectivity index (χ3v) is 5.34. The third-order valence-electron chi connectivity index (χ3n) is 4.06. The summed E-state index contributed by atoms with van der Waals surface area (Å²) in [6, 6.07) is 8.50. The number of rotatable bonds is 4. The van der Waals surface area contributed by atoms with Crippen molar-refractivity contribution in [1.82, 2.24) is 9.78 Å². The lowest BCUT2D eigenvalue weighted by atomic mass is 10.2. The van der Waals surface area contributed by atoms with E-state index < -0.39 is 0 Å². The zero-order valence-corrected chi connectivity index (χ0v) is 13.5. The first-order valence-corrected chi connectivity index (χ1v) is 8.60. The summed E-state index contributed by atoms with van der Waals surface area (Å²) in [7, 11) is 0. The van der Waals surface area contributed by atoms with Crippen molar-refractivity contribution in [3.05, 3.63) is 45.6 Å². The lowest BCUT2D eigenvalue weighted by molar-refractivity contribution is -0.941. The van der Waals surface area contributed by atoms with Crippen LogP contribution in [0.3, 0.4) is 0 Å². The highest BCUT2D eigenvalue weighted by Crippen LogP contribution is 2.23. The predicted octanol–water partition coefficient (Wildman–Crippen LogP) is 2.90. The molecule has 1 saturated heterocycles. The molecule has 4 rings (SSSR count). The molecule has 1 unspecified atom stereocenters. The summed E-state index contributed by atoms with van der Waals surface area (Å²) in [6.45, 7) is 1.86. The fourth-order valence-corrected chi connectivity index (χ4v) is 4.14. The molecule has 22 heavy (non-hydrogen) atoms. The summed E-state index contributed by atoms with van der Waals surface area (Å²) in [5.74, 6) is 1.05. The second kappa shape index (κ2) is 5.83. The largest absolute Gasteiger partial charge is 0.459 e. The van der Waals surface area contributed by atoms with Crippen LogP contribution in [0, 0.1) is 4.84 Å². The van der Waals surface area contributed by atoms with E-state index in [1.54, 1.807) is 10.9 Å². The van der Waals surface area contributed by atoms with Crippen LogP contribution in [0.5, 0.6) is 0 Å². The monoisotopic (exact) mass is 334 g/mol. The fraction of sp³-hybridized carbons (Fsp3) is 0.333. The maximum absolute atomic E-state index is 5.56. The molecule has 7 heteroatoms. The van der Waals surface area contributed by atoms with Crippen LogP contribution < -0.4 is 4.90 Å².